The first-order valence-electron chi connectivity index (χ1n) is 10.5. The van der Waals surface area contributed by atoms with Crippen LogP contribution in [0.1, 0.15) is 43.1 Å². The third kappa shape index (κ3) is 4.18. The Hall–Kier alpha value is -2.70. The molecule has 1 amide bonds. The van der Waals surface area contributed by atoms with Crippen molar-refractivity contribution >= 4 is 17.4 Å². The second-order valence-corrected chi connectivity index (χ2v) is 7.74. The lowest BCUT2D eigenvalue weighted by Gasteiger charge is -2.37. The summed E-state index contributed by atoms with van der Waals surface area (Å²) in [6.07, 6.45) is 5.76. The van der Waals surface area contributed by atoms with E-state index in [2.05, 4.69) is 26.7 Å². The third-order valence-electron chi connectivity index (χ3n) is 6.03. The van der Waals surface area contributed by atoms with E-state index in [9.17, 15) is 9.18 Å². The number of likely N-dealkylation sites (tertiary alicyclic amines) is 1. The van der Waals surface area contributed by atoms with Gasteiger partial charge in [-0.3, -0.25) is 4.79 Å². The van der Waals surface area contributed by atoms with Crippen molar-refractivity contribution < 1.29 is 9.18 Å². The van der Waals surface area contributed by atoms with Crippen LogP contribution in [0.3, 0.4) is 0 Å². The summed E-state index contributed by atoms with van der Waals surface area (Å²) in [7, 11) is 0. The molecule has 2 aromatic rings. The maximum absolute atomic E-state index is 14.1. The molecule has 1 aromatic heterocycles. The predicted octanol–water partition coefficient (Wildman–Crippen LogP) is 3.35. The average molecular weight is 397 g/mol. The maximum atomic E-state index is 14.1. The van der Waals surface area contributed by atoms with Crippen LogP contribution in [-0.2, 0) is 0 Å². The van der Waals surface area contributed by atoms with Crippen molar-refractivity contribution in [1.82, 2.24) is 14.9 Å². The molecule has 2 fully saturated rings. The van der Waals surface area contributed by atoms with Crippen LogP contribution in [0.5, 0.6) is 0 Å². The fraction of sp³-hybridized carbons (Fsp3) is 0.500. The van der Waals surface area contributed by atoms with Gasteiger partial charge in [-0.25, -0.2) is 14.4 Å². The monoisotopic (exact) mass is 397 g/mol. The van der Waals surface area contributed by atoms with Gasteiger partial charge in [-0.2, -0.15) is 0 Å². The van der Waals surface area contributed by atoms with E-state index in [-0.39, 0.29) is 11.7 Å². The van der Waals surface area contributed by atoms with Crippen LogP contribution in [0.2, 0.25) is 0 Å². The lowest BCUT2D eigenvalue weighted by Crippen LogP contribution is -2.47. The standard InChI is InChI=1S/C22H28FN5O/c1-2-17-7-5-6-10-28(17)22(29)19-15-21(25-16-24-19)27-13-11-26(12-14-27)20-9-4-3-8-18(20)23/h3-4,8-9,15-17H,2,5-7,10-14H2,1H3. The minimum absolute atomic E-state index is 0.00481. The lowest BCUT2D eigenvalue weighted by atomic mass is 9.99. The molecule has 6 nitrogen and oxygen atoms in total. The van der Waals surface area contributed by atoms with Crippen LogP contribution < -0.4 is 9.80 Å². The summed E-state index contributed by atoms with van der Waals surface area (Å²) in [6.45, 7) is 5.80. The number of amides is 1. The smallest absolute Gasteiger partial charge is 0.272 e. The molecule has 29 heavy (non-hydrogen) atoms. The molecule has 1 unspecified atom stereocenters. The lowest BCUT2D eigenvalue weighted by molar-refractivity contribution is 0.0601. The van der Waals surface area contributed by atoms with E-state index in [0.717, 1.165) is 44.7 Å². The molecule has 4 rings (SSSR count). The molecule has 0 aliphatic carbocycles. The number of para-hydroxylation sites is 1. The second kappa shape index (κ2) is 8.76. The molecule has 2 aliphatic heterocycles. The Morgan fingerprint density at radius 2 is 1.83 bits per heavy atom. The summed E-state index contributed by atoms with van der Waals surface area (Å²) in [5.74, 6) is 0.578. The number of hydrogen-bond acceptors (Lipinski definition) is 5. The molecule has 0 saturated carbocycles. The molecule has 7 heteroatoms. The molecule has 1 aromatic carbocycles. The average Bonchev–Trinajstić information content (AvgIpc) is 2.79. The number of anilines is 2. The summed E-state index contributed by atoms with van der Waals surface area (Å²) in [6, 6.07) is 8.99. The highest BCUT2D eigenvalue weighted by Gasteiger charge is 2.28. The van der Waals surface area contributed by atoms with E-state index in [1.54, 1.807) is 6.07 Å². The number of piperazine rings is 1. The first kappa shape index (κ1) is 19.6. The number of aromatic nitrogens is 2. The van der Waals surface area contributed by atoms with Crippen LogP contribution >= 0.6 is 0 Å². The zero-order valence-corrected chi connectivity index (χ0v) is 16.9. The SMILES string of the molecule is CCC1CCCCN1C(=O)c1cc(N2CCN(c3ccccc3F)CC2)ncn1. The molecular weight excluding hydrogens is 369 g/mol. The number of benzene rings is 1. The first-order valence-corrected chi connectivity index (χ1v) is 10.5. The quantitative estimate of drug-likeness (QED) is 0.792. The van der Waals surface area contributed by atoms with E-state index < -0.39 is 0 Å². The Balaban J connectivity index is 1.44. The molecule has 0 bridgehead atoms. The number of nitrogens with zero attached hydrogens (tertiary/aromatic N) is 5. The number of piperidine rings is 1. The summed E-state index contributed by atoms with van der Waals surface area (Å²) in [5, 5.41) is 0. The van der Waals surface area contributed by atoms with Crippen molar-refractivity contribution in [3.8, 4) is 0 Å². The van der Waals surface area contributed by atoms with Crippen LogP contribution in [0.4, 0.5) is 15.9 Å². The highest BCUT2D eigenvalue weighted by molar-refractivity contribution is 5.93. The third-order valence-corrected chi connectivity index (χ3v) is 6.03. The van der Waals surface area contributed by atoms with Gasteiger partial charge in [-0.05, 0) is 37.8 Å². The van der Waals surface area contributed by atoms with E-state index in [4.69, 9.17) is 0 Å². The molecule has 0 N–H and O–H groups in total. The van der Waals surface area contributed by atoms with E-state index in [0.29, 0.717) is 30.5 Å². The summed E-state index contributed by atoms with van der Waals surface area (Å²) < 4.78 is 14.1. The predicted molar refractivity (Wildman–Crippen MR) is 112 cm³/mol. The molecule has 1 atom stereocenters. The van der Waals surface area contributed by atoms with Gasteiger partial charge in [0.25, 0.3) is 5.91 Å². The van der Waals surface area contributed by atoms with Gasteiger partial charge in [0.05, 0.1) is 5.69 Å². The number of rotatable bonds is 4. The second-order valence-electron chi connectivity index (χ2n) is 7.74. The van der Waals surface area contributed by atoms with E-state index in [1.807, 2.05) is 23.1 Å². The molecule has 0 spiro atoms. The Labute approximate surface area is 171 Å². The Bertz CT molecular complexity index is 853. The van der Waals surface area contributed by atoms with Crippen molar-refractivity contribution in [3.05, 3.63) is 48.2 Å². The molecule has 0 radical (unpaired) electrons. The number of carbonyl (C=O) groups is 1. The Morgan fingerprint density at radius 1 is 1.07 bits per heavy atom. The number of carbonyl (C=O) groups excluding carboxylic acids is 1. The summed E-state index contributed by atoms with van der Waals surface area (Å²) >= 11 is 0. The van der Waals surface area contributed by atoms with Crippen molar-refractivity contribution in [3.63, 3.8) is 0 Å². The normalized spacial score (nSPS) is 20.1. The summed E-state index contributed by atoms with van der Waals surface area (Å²) in [5.41, 5.74) is 1.10. The van der Waals surface area contributed by atoms with Crippen LogP contribution in [0, 0.1) is 5.82 Å². The van der Waals surface area contributed by atoms with E-state index in [1.165, 1.54) is 18.8 Å². The zero-order chi connectivity index (χ0) is 20.2. The molecule has 2 saturated heterocycles. The van der Waals surface area contributed by atoms with Gasteiger partial charge in [-0.1, -0.05) is 19.1 Å². The van der Waals surface area contributed by atoms with Gasteiger partial charge in [-0.15, -0.1) is 0 Å². The van der Waals surface area contributed by atoms with Gasteiger partial charge < -0.3 is 14.7 Å². The van der Waals surface area contributed by atoms with Crippen molar-refractivity contribution in [2.75, 3.05) is 42.5 Å². The number of hydrogen-bond donors (Lipinski definition) is 0. The van der Waals surface area contributed by atoms with Gasteiger partial charge in [0.1, 0.15) is 23.7 Å². The molecule has 3 heterocycles. The minimum Gasteiger partial charge on any atom is -0.366 e. The van der Waals surface area contributed by atoms with E-state index >= 15 is 0 Å². The minimum atomic E-state index is -0.192. The van der Waals surface area contributed by atoms with Crippen LogP contribution in [0.15, 0.2) is 36.7 Å². The topological polar surface area (TPSA) is 52.6 Å². The fourth-order valence-corrected chi connectivity index (χ4v) is 4.36. The highest BCUT2D eigenvalue weighted by Crippen LogP contribution is 2.24. The Morgan fingerprint density at radius 3 is 2.59 bits per heavy atom. The largest absolute Gasteiger partial charge is 0.366 e. The van der Waals surface area contributed by atoms with Gasteiger partial charge >= 0.3 is 0 Å². The van der Waals surface area contributed by atoms with Gasteiger partial charge in [0, 0.05) is 44.8 Å². The fourth-order valence-electron chi connectivity index (χ4n) is 4.36. The van der Waals surface area contributed by atoms with Crippen molar-refractivity contribution in [2.24, 2.45) is 0 Å². The first-order chi connectivity index (χ1) is 14.2. The highest BCUT2D eigenvalue weighted by atomic mass is 19.1. The van der Waals surface area contributed by atoms with Crippen LogP contribution in [-0.4, -0.2) is 59.5 Å². The summed E-state index contributed by atoms with van der Waals surface area (Å²) in [4.78, 5) is 27.9. The maximum Gasteiger partial charge on any atom is 0.272 e. The molecular formula is C22H28FN5O. The van der Waals surface area contributed by atoms with Crippen molar-refractivity contribution in [2.45, 2.75) is 38.6 Å². The van der Waals surface area contributed by atoms with Gasteiger partial charge in [0.2, 0.25) is 0 Å². The van der Waals surface area contributed by atoms with Crippen LogP contribution in [0.25, 0.3) is 0 Å². The molecule has 2 aliphatic rings. The Kier molecular flexibility index (Phi) is 5.92. The molecule has 154 valence electrons. The zero-order valence-electron chi connectivity index (χ0n) is 16.9. The number of halogens is 1. The van der Waals surface area contributed by atoms with Gasteiger partial charge in [0.15, 0.2) is 0 Å². The van der Waals surface area contributed by atoms with Crippen molar-refractivity contribution in [1.29, 1.82) is 0 Å².